The number of methoxy groups -OCH3 is 1. The first-order chi connectivity index (χ1) is 8.02. The van der Waals surface area contributed by atoms with E-state index in [1.807, 2.05) is 31.2 Å². The van der Waals surface area contributed by atoms with Crippen LogP contribution in [-0.2, 0) is 9.53 Å². The van der Waals surface area contributed by atoms with E-state index in [4.69, 9.17) is 4.74 Å². The third kappa shape index (κ3) is 4.44. The Hall–Kier alpha value is -1.55. The molecule has 94 valence electrons. The first kappa shape index (κ1) is 13.5. The van der Waals surface area contributed by atoms with Crippen LogP contribution in [0.15, 0.2) is 24.3 Å². The highest BCUT2D eigenvalue weighted by molar-refractivity contribution is 5.89. The third-order valence-corrected chi connectivity index (χ3v) is 2.65. The van der Waals surface area contributed by atoms with Gasteiger partial charge >= 0.3 is 0 Å². The molecule has 0 saturated carbocycles. The number of rotatable bonds is 5. The SMILES string of the molecule is COC(C)C(C)Nc1cccc(NC(C)=O)c1. The fraction of sp³-hybridized carbons (Fsp3) is 0.462. The van der Waals surface area contributed by atoms with Crippen molar-refractivity contribution in [3.8, 4) is 0 Å². The normalized spacial score (nSPS) is 13.9. The minimum Gasteiger partial charge on any atom is -0.380 e. The molecule has 1 rings (SSSR count). The summed E-state index contributed by atoms with van der Waals surface area (Å²) in [7, 11) is 1.69. The summed E-state index contributed by atoms with van der Waals surface area (Å²) >= 11 is 0. The fourth-order valence-electron chi connectivity index (χ4n) is 1.47. The molecule has 0 aliphatic carbocycles. The molecule has 1 aromatic rings. The van der Waals surface area contributed by atoms with Crippen LogP contribution in [0, 0.1) is 0 Å². The van der Waals surface area contributed by atoms with Gasteiger partial charge in [-0.1, -0.05) is 6.07 Å². The van der Waals surface area contributed by atoms with E-state index in [1.54, 1.807) is 7.11 Å². The van der Waals surface area contributed by atoms with Crippen molar-refractivity contribution in [2.24, 2.45) is 0 Å². The van der Waals surface area contributed by atoms with Gasteiger partial charge in [-0.25, -0.2) is 0 Å². The Kier molecular flexibility index (Phi) is 4.97. The highest BCUT2D eigenvalue weighted by atomic mass is 16.5. The Bertz CT molecular complexity index is 379. The van der Waals surface area contributed by atoms with Gasteiger partial charge in [0, 0.05) is 31.5 Å². The molecule has 0 aliphatic rings. The maximum atomic E-state index is 10.9. The molecule has 0 fully saturated rings. The zero-order valence-electron chi connectivity index (χ0n) is 10.8. The number of ether oxygens (including phenoxy) is 1. The molecule has 17 heavy (non-hydrogen) atoms. The second kappa shape index (κ2) is 6.25. The van der Waals surface area contributed by atoms with Gasteiger partial charge in [0.25, 0.3) is 0 Å². The average molecular weight is 236 g/mol. The first-order valence-electron chi connectivity index (χ1n) is 5.70. The molecule has 4 nitrogen and oxygen atoms in total. The van der Waals surface area contributed by atoms with Crippen LogP contribution < -0.4 is 10.6 Å². The predicted molar refractivity (Wildman–Crippen MR) is 70.3 cm³/mol. The molecule has 0 aliphatic heterocycles. The van der Waals surface area contributed by atoms with Gasteiger partial charge in [-0.3, -0.25) is 4.79 Å². The van der Waals surface area contributed by atoms with Gasteiger partial charge < -0.3 is 15.4 Å². The van der Waals surface area contributed by atoms with Crippen molar-refractivity contribution < 1.29 is 9.53 Å². The Morgan fingerprint density at radius 3 is 2.53 bits per heavy atom. The standard InChI is InChI=1S/C13H20N2O2/c1-9(10(2)17-4)14-12-6-5-7-13(8-12)15-11(3)16/h5-10,14H,1-4H3,(H,15,16). The summed E-state index contributed by atoms with van der Waals surface area (Å²) in [5.41, 5.74) is 1.76. The largest absolute Gasteiger partial charge is 0.380 e. The Morgan fingerprint density at radius 1 is 1.29 bits per heavy atom. The molecule has 2 N–H and O–H groups in total. The smallest absolute Gasteiger partial charge is 0.221 e. The summed E-state index contributed by atoms with van der Waals surface area (Å²) < 4.78 is 5.25. The summed E-state index contributed by atoms with van der Waals surface area (Å²) in [4.78, 5) is 10.9. The molecule has 1 aromatic carbocycles. The predicted octanol–water partition coefficient (Wildman–Crippen LogP) is 2.48. The Morgan fingerprint density at radius 2 is 1.94 bits per heavy atom. The summed E-state index contributed by atoms with van der Waals surface area (Å²) in [5, 5.41) is 6.08. The number of nitrogens with one attached hydrogen (secondary N) is 2. The highest BCUT2D eigenvalue weighted by Crippen LogP contribution is 2.16. The molecule has 1 amide bonds. The van der Waals surface area contributed by atoms with Crippen LogP contribution >= 0.6 is 0 Å². The van der Waals surface area contributed by atoms with Crippen molar-refractivity contribution in [2.75, 3.05) is 17.7 Å². The second-order valence-corrected chi connectivity index (χ2v) is 4.14. The first-order valence-corrected chi connectivity index (χ1v) is 5.70. The van der Waals surface area contributed by atoms with E-state index in [2.05, 4.69) is 17.6 Å². The summed E-state index contributed by atoms with van der Waals surface area (Å²) in [6.07, 6.45) is 0.124. The van der Waals surface area contributed by atoms with Gasteiger partial charge in [0.15, 0.2) is 0 Å². The lowest BCUT2D eigenvalue weighted by atomic mass is 10.2. The second-order valence-electron chi connectivity index (χ2n) is 4.14. The van der Waals surface area contributed by atoms with Crippen LogP contribution in [0.4, 0.5) is 11.4 Å². The zero-order chi connectivity index (χ0) is 12.8. The number of carbonyl (C=O) groups excluding carboxylic acids is 1. The maximum Gasteiger partial charge on any atom is 0.221 e. The number of carbonyl (C=O) groups is 1. The summed E-state index contributed by atoms with van der Waals surface area (Å²) in [6.45, 7) is 5.56. The number of anilines is 2. The van der Waals surface area contributed by atoms with Gasteiger partial charge in [0.1, 0.15) is 0 Å². The Balaban J connectivity index is 2.68. The molecule has 0 spiro atoms. The van der Waals surface area contributed by atoms with Crippen LogP contribution in [0.1, 0.15) is 20.8 Å². The minimum atomic E-state index is -0.0690. The van der Waals surface area contributed by atoms with Gasteiger partial charge in [0.05, 0.1) is 6.10 Å². The number of amides is 1. The van der Waals surface area contributed by atoms with Crippen molar-refractivity contribution in [2.45, 2.75) is 32.9 Å². The lowest BCUT2D eigenvalue weighted by Gasteiger charge is -2.21. The molecular weight excluding hydrogens is 216 g/mol. The Labute approximate surface area is 102 Å². The van der Waals surface area contributed by atoms with Crippen molar-refractivity contribution >= 4 is 17.3 Å². The zero-order valence-corrected chi connectivity index (χ0v) is 10.8. The van der Waals surface area contributed by atoms with E-state index in [1.165, 1.54) is 6.92 Å². The lowest BCUT2D eigenvalue weighted by molar-refractivity contribution is -0.114. The highest BCUT2D eigenvalue weighted by Gasteiger charge is 2.10. The molecule has 0 aromatic heterocycles. The van der Waals surface area contributed by atoms with E-state index in [0.717, 1.165) is 11.4 Å². The maximum absolute atomic E-state index is 10.9. The monoisotopic (exact) mass is 236 g/mol. The molecule has 0 bridgehead atoms. The number of hydrogen-bond acceptors (Lipinski definition) is 3. The molecule has 0 saturated heterocycles. The van der Waals surface area contributed by atoms with Crippen molar-refractivity contribution in [1.82, 2.24) is 0 Å². The van der Waals surface area contributed by atoms with Gasteiger partial charge in [-0.05, 0) is 32.0 Å². The van der Waals surface area contributed by atoms with E-state index >= 15 is 0 Å². The lowest BCUT2D eigenvalue weighted by Crippen LogP contribution is -2.29. The van der Waals surface area contributed by atoms with Crippen LogP contribution in [-0.4, -0.2) is 25.2 Å². The van der Waals surface area contributed by atoms with E-state index < -0.39 is 0 Å². The van der Waals surface area contributed by atoms with E-state index in [-0.39, 0.29) is 18.1 Å². The molecule has 2 atom stereocenters. The molecule has 2 unspecified atom stereocenters. The third-order valence-electron chi connectivity index (χ3n) is 2.65. The number of hydrogen-bond donors (Lipinski definition) is 2. The van der Waals surface area contributed by atoms with Gasteiger partial charge in [-0.15, -0.1) is 0 Å². The average Bonchev–Trinajstić information content (AvgIpc) is 2.27. The van der Waals surface area contributed by atoms with Crippen molar-refractivity contribution in [3.63, 3.8) is 0 Å². The van der Waals surface area contributed by atoms with Gasteiger partial charge in [0.2, 0.25) is 5.91 Å². The van der Waals surface area contributed by atoms with Gasteiger partial charge in [-0.2, -0.15) is 0 Å². The van der Waals surface area contributed by atoms with Crippen LogP contribution in [0.3, 0.4) is 0 Å². The van der Waals surface area contributed by atoms with Crippen LogP contribution in [0.5, 0.6) is 0 Å². The number of benzene rings is 1. The van der Waals surface area contributed by atoms with Crippen LogP contribution in [0.2, 0.25) is 0 Å². The molecule has 0 radical (unpaired) electrons. The van der Waals surface area contributed by atoms with Crippen LogP contribution in [0.25, 0.3) is 0 Å². The fourth-order valence-corrected chi connectivity index (χ4v) is 1.47. The minimum absolute atomic E-state index is 0.0690. The quantitative estimate of drug-likeness (QED) is 0.825. The summed E-state index contributed by atoms with van der Waals surface area (Å²) in [5.74, 6) is -0.0690. The van der Waals surface area contributed by atoms with Crippen molar-refractivity contribution in [3.05, 3.63) is 24.3 Å². The topological polar surface area (TPSA) is 50.4 Å². The van der Waals surface area contributed by atoms with Crippen molar-refractivity contribution in [1.29, 1.82) is 0 Å². The molecular formula is C13H20N2O2. The molecule has 4 heteroatoms. The van der Waals surface area contributed by atoms with E-state index in [0.29, 0.717) is 0 Å². The molecule has 0 heterocycles. The summed E-state index contributed by atoms with van der Waals surface area (Å²) in [6, 6.07) is 7.83. The van der Waals surface area contributed by atoms with E-state index in [9.17, 15) is 4.79 Å².